The van der Waals surface area contributed by atoms with Gasteiger partial charge in [0, 0.05) is 17.8 Å². The number of hydrogen-bond donors (Lipinski definition) is 3. The van der Waals surface area contributed by atoms with Crippen LogP contribution < -0.4 is 4.72 Å². The van der Waals surface area contributed by atoms with E-state index < -0.39 is 16.0 Å². The average molecular weight is 329 g/mol. The lowest BCUT2D eigenvalue weighted by atomic mass is 10.2. The fraction of sp³-hybridized carbons (Fsp3) is 0.154. The monoisotopic (exact) mass is 328 g/mol. The molecule has 0 saturated heterocycles. The predicted molar refractivity (Wildman–Crippen MR) is 78.1 cm³/mol. The number of halogens is 1. The molecule has 1 aromatic carbocycles. The molecule has 2 rings (SSSR count). The highest BCUT2D eigenvalue weighted by Gasteiger charge is 2.17. The standard InChI is InChI=1S/C13H13ClN2O4S/c14-10-3-1-2-9(6-10)4-5-16-21(19,20)11-7-12(13(17)18)15-8-11/h1-3,6-8,15-16H,4-5H2,(H,17,18). The Morgan fingerprint density at radius 2 is 2.10 bits per heavy atom. The molecule has 2 aromatic rings. The van der Waals surface area contributed by atoms with Gasteiger partial charge < -0.3 is 10.1 Å². The third-order valence-electron chi connectivity index (χ3n) is 2.79. The minimum Gasteiger partial charge on any atom is -0.477 e. The highest BCUT2D eigenvalue weighted by molar-refractivity contribution is 7.89. The molecule has 0 aliphatic heterocycles. The Balaban J connectivity index is 1.99. The molecular formula is C13H13ClN2O4S. The Morgan fingerprint density at radius 3 is 2.71 bits per heavy atom. The first-order valence-corrected chi connectivity index (χ1v) is 7.90. The van der Waals surface area contributed by atoms with Crippen molar-refractivity contribution in [3.8, 4) is 0 Å². The van der Waals surface area contributed by atoms with Crippen LogP contribution in [-0.2, 0) is 16.4 Å². The lowest BCUT2D eigenvalue weighted by Gasteiger charge is -2.05. The topological polar surface area (TPSA) is 99.3 Å². The molecule has 21 heavy (non-hydrogen) atoms. The van der Waals surface area contributed by atoms with E-state index in [-0.39, 0.29) is 17.1 Å². The molecule has 0 bridgehead atoms. The summed E-state index contributed by atoms with van der Waals surface area (Å²) in [5, 5.41) is 9.35. The van der Waals surface area contributed by atoms with Crippen molar-refractivity contribution in [2.75, 3.05) is 6.54 Å². The number of sulfonamides is 1. The van der Waals surface area contributed by atoms with Gasteiger partial charge >= 0.3 is 5.97 Å². The van der Waals surface area contributed by atoms with Crippen molar-refractivity contribution in [2.45, 2.75) is 11.3 Å². The Kier molecular flexibility index (Phi) is 4.66. The third-order valence-corrected chi connectivity index (χ3v) is 4.47. The summed E-state index contributed by atoms with van der Waals surface area (Å²) in [5.74, 6) is -1.21. The summed E-state index contributed by atoms with van der Waals surface area (Å²) >= 11 is 5.84. The number of aromatic carboxylic acids is 1. The minimum absolute atomic E-state index is 0.106. The van der Waals surface area contributed by atoms with Crippen molar-refractivity contribution in [1.29, 1.82) is 0 Å². The van der Waals surface area contributed by atoms with Gasteiger partial charge in [-0.15, -0.1) is 0 Å². The van der Waals surface area contributed by atoms with Crippen molar-refractivity contribution in [2.24, 2.45) is 0 Å². The maximum absolute atomic E-state index is 12.0. The van der Waals surface area contributed by atoms with Gasteiger partial charge in [0.2, 0.25) is 10.0 Å². The summed E-state index contributed by atoms with van der Waals surface area (Å²) < 4.78 is 26.4. The zero-order valence-corrected chi connectivity index (χ0v) is 12.4. The zero-order chi connectivity index (χ0) is 15.5. The van der Waals surface area contributed by atoms with Crippen LogP contribution in [0.15, 0.2) is 41.4 Å². The number of benzene rings is 1. The largest absolute Gasteiger partial charge is 0.477 e. The van der Waals surface area contributed by atoms with Crippen molar-refractivity contribution in [3.63, 3.8) is 0 Å². The number of hydrogen-bond acceptors (Lipinski definition) is 3. The Bertz CT molecular complexity index is 755. The molecular weight excluding hydrogens is 316 g/mol. The van der Waals surface area contributed by atoms with Gasteiger partial charge in [0.25, 0.3) is 0 Å². The maximum Gasteiger partial charge on any atom is 0.352 e. The number of rotatable bonds is 6. The van der Waals surface area contributed by atoms with Gasteiger partial charge in [-0.2, -0.15) is 0 Å². The molecule has 0 aliphatic carbocycles. The molecule has 0 amide bonds. The molecule has 0 saturated carbocycles. The van der Waals surface area contributed by atoms with E-state index in [4.69, 9.17) is 16.7 Å². The molecule has 112 valence electrons. The van der Waals surface area contributed by atoms with Gasteiger partial charge in [0.15, 0.2) is 0 Å². The zero-order valence-electron chi connectivity index (χ0n) is 10.8. The van der Waals surface area contributed by atoms with Gasteiger partial charge in [-0.1, -0.05) is 23.7 Å². The number of carboxylic acids is 1. The third kappa shape index (κ3) is 4.07. The molecule has 6 nitrogen and oxygen atoms in total. The highest BCUT2D eigenvalue weighted by Crippen LogP contribution is 2.12. The fourth-order valence-corrected chi connectivity index (χ4v) is 3.00. The molecule has 0 atom stereocenters. The first-order valence-electron chi connectivity index (χ1n) is 6.04. The second-order valence-electron chi connectivity index (χ2n) is 4.33. The van der Waals surface area contributed by atoms with Gasteiger partial charge in [-0.3, -0.25) is 0 Å². The summed E-state index contributed by atoms with van der Waals surface area (Å²) in [4.78, 5) is 13.0. The summed E-state index contributed by atoms with van der Waals surface area (Å²) in [7, 11) is -3.73. The Morgan fingerprint density at radius 1 is 1.33 bits per heavy atom. The van der Waals surface area contributed by atoms with Crippen LogP contribution in [0, 0.1) is 0 Å². The molecule has 1 aromatic heterocycles. The number of aromatic nitrogens is 1. The number of H-pyrrole nitrogens is 1. The van der Waals surface area contributed by atoms with Gasteiger partial charge in [-0.25, -0.2) is 17.9 Å². The average Bonchev–Trinajstić information content (AvgIpc) is 2.89. The van der Waals surface area contributed by atoms with Crippen LogP contribution in [-0.4, -0.2) is 31.0 Å². The Hall–Kier alpha value is -1.83. The van der Waals surface area contributed by atoms with E-state index in [9.17, 15) is 13.2 Å². The smallest absolute Gasteiger partial charge is 0.352 e. The van der Waals surface area contributed by atoms with E-state index >= 15 is 0 Å². The van der Waals surface area contributed by atoms with E-state index in [0.29, 0.717) is 11.4 Å². The molecule has 0 radical (unpaired) electrons. The summed E-state index contributed by atoms with van der Waals surface area (Å²) in [5.41, 5.74) is 0.732. The number of carboxylic acid groups (broad SMARTS) is 1. The summed E-state index contributed by atoms with van der Waals surface area (Å²) in [6, 6.07) is 8.21. The summed E-state index contributed by atoms with van der Waals surface area (Å²) in [6.07, 6.45) is 1.63. The second kappa shape index (κ2) is 6.30. The predicted octanol–water partition coefficient (Wildman–Crippen LogP) is 1.89. The highest BCUT2D eigenvalue weighted by atomic mass is 35.5. The van der Waals surface area contributed by atoms with E-state index in [1.54, 1.807) is 18.2 Å². The quantitative estimate of drug-likeness (QED) is 0.754. The lowest BCUT2D eigenvalue weighted by Crippen LogP contribution is -2.25. The van der Waals surface area contributed by atoms with Crippen LogP contribution >= 0.6 is 11.6 Å². The molecule has 8 heteroatoms. The van der Waals surface area contributed by atoms with Crippen molar-refractivity contribution >= 4 is 27.6 Å². The molecule has 0 spiro atoms. The van der Waals surface area contributed by atoms with E-state index in [2.05, 4.69) is 9.71 Å². The first-order chi connectivity index (χ1) is 9.88. The van der Waals surface area contributed by atoms with Gasteiger partial charge in [0.1, 0.15) is 10.6 Å². The number of carbonyl (C=O) groups is 1. The van der Waals surface area contributed by atoms with Crippen LogP contribution in [0.1, 0.15) is 16.1 Å². The lowest BCUT2D eigenvalue weighted by molar-refractivity contribution is 0.0691. The van der Waals surface area contributed by atoms with Crippen molar-refractivity contribution in [3.05, 3.63) is 52.8 Å². The number of aromatic amines is 1. The summed E-state index contributed by atoms with van der Waals surface area (Å²) in [6.45, 7) is 0.191. The Labute approximate surface area is 126 Å². The molecule has 3 N–H and O–H groups in total. The van der Waals surface area contributed by atoms with Gasteiger partial charge in [-0.05, 0) is 30.2 Å². The van der Waals surface area contributed by atoms with Crippen LogP contribution in [0.25, 0.3) is 0 Å². The van der Waals surface area contributed by atoms with Crippen LogP contribution in [0.3, 0.4) is 0 Å². The van der Waals surface area contributed by atoms with E-state index in [0.717, 1.165) is 17.8 Å². The SMILES string of the molecule is O=C(O)c1cc(S(=O)(=O)NCCc2cccc(Cl)c2)c[nH]1. The van der Waals surface area contributed by atoms with Crippen LogP contribution in [0.2, 0.25) is 5.02 Å². The molecule has 0 fully saturated rings. The van der Waals surface area contributed by atoms with Crippen molar-refractivity contribution < 1.29 is 18.3 Å². The normalized spacial score (nSPS) is 11.5. The van der Waals surface area contributed by atoms with Gasteiger partial charge in [0.05, 0.1) is 0 Å². The van der Waals surface area contributed by atoms with E-state index in [1.807, 2.05) is 6.07 Å². The molecule has 0 aliphatic rings. The fourth-order valence-electron chi connectivity index (χ4n) is 1.76. The maximum atomic E-state index is 12.0. The second-order valence-corrected chi connectivity index (χ2v) is 6.54. The first kappa shape index (κ1) is 15.6. The number of nitrogens with one attached hydrogen (secondary N) is 2. The minimum atomic E-state index is -3.73. The van der Waals surface area contributed by atoms with Crippen LogP contribution in [0.4, 0.5) is 0 Å². The van der Waals surface area contributed by atoms with Crippen molar-refractivity contribution in [1.82, 2.24) is 9.71 Å². The molecule has 0 unspecified atom stereocenters. The molecule has 1 heterocycles. The van der Waals surface area contributed by atoms with Crippen LogP contribution in [0.5, 0.6) is 0 Å². The van der Waals surface area contributed by atoms with E-state index in [1.165, 1.54) is 0 Å².